The fourth-order valence-electron chi connectivity index (χ4n) is 2.55. The van der Waals surface area contributed by atoms with Gasteiger partial charge in [-0.05, 0) is 36.6 Å². The van der Waals surface area contributed by atoms with Crippen LogP contribution in [0, 0.1) is 13.8 Å². The number of anilines is 2. The first kappa shape index (κ1) is 19.5. The number of urea groups is 1. The molecule has 130 valence electrons. The molecule has 0 bridgehead atoms. The quantitative estimate of drug-likeness (QED) is 0.452. The van der Waals surface area contributed by atoms with Gasteiger partial charge in [-0.25, -0.2) is 10.6 Å². The molecule has 2 rings (SSSR count). The summed E-state index contributed by atoms with van der Waals surface area (Å²) in [4.78, 5) is 13.6. The lowest BCUT2D eigenvalue weighted by Crippen LogP contribution is -2.35. The molecule has 0 fully saturated rings. The molecular weight excluding hydrogens is 300 g/mol. The van der Waals surface area contributed by atoms with Crippen LogP contribution in [0.5, 0.6) is 0 Å². The van der Waals surface area contributed by atoms with Crippen LogP contribution in [0.3, 0.4) is 0 Å². The third-order valence-electron chi connectivity index (χ3n) is 3.67. The van der Waals surface area contributed by atoms with Crippen molar-refractivity contribution in [2.45, 2.75) is 34.2 Å². The van der Waals surface area contributed by atoms with Crippen LogP contribution >= 0.6 is 0 Å². The minimum absolute atomic E-state index is 0.434. The zero-order valence-corrected chi connectivity index (χ0v) is 15.2. The van der Waals surface area contributed by atoms with E-state index in [0.717, 1.165) is 23.5 Å². The zero-order chi connectivity index (χ0) is 18.1. The van der Waals surface area contributed by atoms with Crippen LogP contribution in [0.1, 0.15) is 30.5 Å². The van der Waals surface area contributed by atoms with E-state index in [0.29, 0.717) is 0 Å². The topological polar surface area (TPSA) is 70.4 Å². The van der Waals surface area contributed by atoms with Crippen molar-refractivity contribution in [2.24, 2.45) is 5.84 Å². The SMILES string of the molecule is CC.Cc1ccccc1CN(C)c1c(C)cccc1NC(=O)NN. The van der Waals surface area contributed by atoms with E-state index < -0.39 is 6.03 Å². The molecule has 0 aromatic heterocycles. The van der Waals surface area contributed by atoms with Crippen LogP contribution < -0.4 is 21.5 Å². The Hall–Kier alpha value is -2.53. The van der Waals surface area contributed by atoms with E-state index >= 15 is 0 Å². The third kappa shape index (κ3) is 4.99. The van der Waals surface area contributed by atoms with Crippen molar-refractivity contribution in [3.05, 3.63) is 59.2 Å². The number of hydrazine groups is 1. The fraction of sp³-hybridized carbons (Fsp3) is 0.316. The van der Waals surface area contributed by atoms with Gasteiger partial charge in [0, 0.05) is 13.6 Å². The molecule has 0 radical (unpaired) electrons. The van der Waals surface area contributed by atoms with Gasteiger partial charge in [-0.1, -0.05) is 50.2 Å². The van der Waals surface area contributed by atoms with Gasteiger partial charge in [0.15, 0.2) is 0 Å². The molecule has 2 aromatic carbocycles. The highest BCUT2D eigenvalue weighted by Gasteiger charge is 2.13. The van der Waals surface area contributed by atoms with E-state index in [2.05, 4.69) is 34.7 Å². The number of nitrogens with zero attached hydrogens (tertiary/aromatic N) is 1. The first-order valence-electron chi connectivity index (χ1n) is 8.15. The standard InChI is InChI=1S/C17H22N4O.C2H6/c1-12-7-4-5-9-14(12)11-21(3)16-13(2)8-6-10-15(16)19-17(22)20-18;1-2/h4-10H,11,18H2,1-3H3,(H2,19,20,22);1-2H3. The maximum atomic E-state index is 11.5. The zero-order valence-electron chi connectivity index (χ0n) is 15.2. The molecule has 2 amide bonds. The van der Waals surface area contributed by atoms with E-state index in [9.17, 15) is 4.79 Å². The molecule has 5 nitrogen and oxygen atoms in total. The lowest BCUT2D eigenvalue weighted by Gasteiger charge is -2.25. The maximum Gasteiger partial charge on any atom is 0.333 e. The van der Waals surface area contributed by atoms with Gasteiger partial charge in [0.2, 0.25) is 0 Å². The van der Waals surface area contributed by atoms with Gasteiger partial charge in [0.25, 0.3) is 0 Å². The van der Waals surface area contributed by atoms with E-state index in [1.165, 1.54) is 11.1 Å². The number of hydrogen-bond donors (Lipinski definition) is 3. The number of carbonyl (C=O) groups is 1. The highest BCUT2D eigenvalue weighted by Crippen LogP contribution is 2.30. The Morgan fingerprint density at radius 3 is 2.29 bits per heavy atom. The first-order valence-corrected chi connectivity index (χ1v) is 8.15. The largest absolute Gasteiger partial charge is 0.368 e. The van der Waals surface area contributed by atoms with Crippen LogP contribution in [-0.4, -0.2) is 13.1 Å². The average molecular weight is 328 g/mol. The van der Waals surface area contributed by atoms with Crippen LogP contribution in [-0.2, 0) is 6.54 Å². The second-order valence-electron chi connectivity index (χ2n) is 5.35. The smallest absolute Gasteiger partial charge is 0.333 e. The van der Waals surface area contributed by atoms with Crippen LogP contribution in [0.4, 0.5) is 16.2 Å². The predicted octanol–water partition coefficient (Wildman–Crippen LogP) is 3.96. The highest BCUT2D eigenvalue weighted by molar-refractivity contribution is 5.93. The molecule has 4 N–H and O–H groups in total. The number of carbonyl (C=O) groups excluding carboxylic acids is 1. The van der Waals surface area contributed by atoms with Crippen LogP contribution in [0.2, 0.25) is 0 Å². The minimum Gasteiger partial charge on any atom is -0.368 e. The summed E-state index contributed by atoms with van der Waals surface area (Å²) in [6, 6.07) is 13.6. The summed E-state index contributed by atoms with van der Waals surface area (Å²) in [5.41, 5.74) is 7.39. The number of nitrogens with two attached hydrogens (primary N) is 1. The van der Waals surface area contributed by atoms with E-state index in [1.54, 1.807) is 0 Å². The van der Waals surface area contributed by atoms with Gasteiger partial charge >= 0.3 is 6.03 Å². The summed E-state index contributed by atoms with van der Waals surface area (Å²) in [6.07, 6.45) is 0. The molecule has 5 heteroatoms. The number of aryl methyl sites for hydroxylation is 2. The lowest BCUT2D eigenvalue weighted by atomic mass is 10.1. The normalized spacial score (nSPS) is 9.58. The number of benzene rings is 2. The monoisotopic (exact) mass is 328 g/mol. The molecule has 0 aliphatic rings. The van der Waals surface area contributed by atoms with Crippen molar-refractivity contribution in [2.75, 3.05) is 17.3 Å². The molecule has 0 aliphatic heterocycles. The van der Waals surface area contributed by atoms with Gasteiger partial charge in [0.05, 0.1) is 11.4 Å². The number of nitrogens with one attached hydrogen (secondary N) is 2. The van der Waals surface area contributed by atoms with Crippen molar-refractivity contribution < 1.29 is 4.79 Å². The van der Waals surface area contributed by atoms with Crippen molar-refractivity contribution in [3.63, 3.8) is 0 Å². The summed E-state index contributed by atoms with van der Waals surface area (Å²) in [7, 11) is 2.01. The van der Waals surface area contributed by atoms with Gasteiger partial charge in [-0.2, -0.15) is 0 Å². The van der Waals surface area contributed by atoms with Gasteiger partial charge < -0.3 is 10.2 Å². The average Bonchev–Trinajstić information content (AvgIpc) is 2.58. The Labute approximate surface area is 144 Å². The van der Waals surface area contributed by atoms with Crippen LogP contribution in [0.15, 0.2) is 42.5 Å². The molecule has 0 aliphatic carbocycles. The number of para-hydroxylation sites is 1. The van der Waals surface area contributed by atoms with E-state index in [-0.39, 0.29) is 0 Å². The summed E-state index contributed by atoms with van der Waals surface area (Å²) in [6.45, 7) is 8.88. The summed E-state index contributed by atoms with van der Waals surface area (Å²) < 4.78 is 0. The minimum atomic E-state index is -0.434. The Morgan fingerprint density at radius 1 is 1.04 bits per heavy atom. The lowest BCUT2D eigenvalue weighted by molar-refractivity contribution is 0.252. The summed E-state index contributed by atoms with van der Waals surface area (Å²) in [5.74, 6) is 5.15. The molecule has 24 heavy (non-hydrogen) atoms. The molecule has 0 unspecified atom stereocenters. The fourth-order valence-corrected chi connectivity index (χ4v) is 2.55. The summed E-state index contributed by atoms with van der Waals surface area (Å²) >= 11 is 0. The molecular formula is C19H28N4O. The van der Waals surface area contributed by atoms with Crippen molar-refractivity contribution >= 4 is 17.4 Å². The molecule has 0 heterocycles. The Kier molecular flexibility index (Phi) is 7.79. The molecule has 2 aromatic rings. The molecule has 0 saturated heterocycles. The number of hydrogen-bond acceptors (Lipinski definition) is 3. The summed E-state index contributed by atoms with van der Waals surface area (Å²) in [5, 5.41) is 2.77. The molecule has 0 saturated carbocycles. The van der Waals surface area contributed by atoms with Gasteiger partial charge in [-0.15, -0.1) is 0 Å². The third-order valence-corrected chi connectivity index (χ3v) is 3.67. The van der Waals surface area contributed by atoms with Gasteiger partial charge in [-0.3, -0.25) is 5.43 Å². The Balaban J connectivity index is 0.00000139. The molecule has 0 atom stereocenters. The Morgan fingerprint density at radius 2 is 1.67 bits per heavy atom. The van der Waals surface area contributed by atoms with E-state index in [1.807, 2.05) is 58.2 Å². The predicted molar refractivity (Wildman–Crippen MR) is 102 cm³/mol. The van der Waals surface area contributed by atoms with Crippen LogP contribution in [0.25, 0.3) is 0 Å². The van der Waals surface area contributed by atoms with E-state index in [4.69, 9.17) is 5.84 Å². The maximum absolute atomic E-state index is 11.5. The number of rotatable bonds is 4. The van der Waals surface area contributed by atoms with Crippen molar-refractivity contribution in [1.82, 2.24) is 5.43 Å². The highest BCUT2D eigenvalue weighted by atomic mass is 16.2. The van der Waals surface area contributed by atoms with Crippen molar-refractivity contribution in [3.8, 4) is 0 Å². The van der Waals surface area contributed by atoms with Gasteiger partial charge in [0.1, 0.15) is 0 Å². The second-order valence-corrected chi connectivity index (χ2v) is 5.35. The first-order chi connectivity index (χ1) is 11.5. The molecule has 0 spiro atoms. The van der Waals surface area contributed by atoms with Crippen molar-refractivity contribution in [1.29, 1.82) is 0 Å². The Bertz CT molecular complexity index is 670. The second kappa shape index (κ2) is 9.57. The number of amides is 2.